The number of aromatic nitrogens is 5. The Morgan fingerprint density at radius 1 is 1.06 bits per heavy atom. The van der Waals surface area contributed by atoms with Gasteiger partial charge in [0, 0.05) is 17.4 Å². The Bertz CT molecular complexity index is 1270. The van der Waals surface area contributed by atoms with E-state index in [2.05, 4.69) is 30.5 Å². The summed E-state index contributed by atoms with van der Waals surface area (Å²) in [5, 5.41) is 14.4. The molecule has 0 amide bonds. The summed E-state index contributed by atoms with van der Waals surface area (Å²) in [6.45, 7) is 0.943. The van der Waals surface area contributed by atoms with Gasteiger partial charge in [-0.2, -0.15) is 5.21 Å². The molecule has 0 saturated heterocycles. The van der Waals surface area contributed by atoms with Crippen molar-refractivity contribution in [2.24, 2.45) is 5.92 Å². The quantitative estimate of drug-likeness (QED) is 0.405. The Kier molecular flexibility index (Phi) is 5.75. The zero-order valence-electron chi connectivity index (χ0n) is 18.2. The molecule has 0 unspecified atom stereocenters. The lowest BCUT2D eigenvalue weighted by molar-refractivity contribution is 0.281. The van der Waals surface area contributed by atoms with Crippen molar-refractivity contribution in [3.63, 3.8) is 0 Å². The molecular formula is C24H24N6O3. The molecule has 168 valence electrons. The van der Waals surface area contributed by atoms with Gasteiger partial charge in [0.15, 0.2) is 11.5 Å². The molecule has 4 aromatic rings. The van der Waals surface area contributed by atoms with Gasteiger partial charge in [0.25, 0.3) is 5.56 Å². The zero-order valence-corrected chi connectivity index (χ0v) is 18.2. The molecule has 1 fully saturated rings. The van der Waals surface area contributed by atoms with Gasteiger partial charge in [0.2, 0.25) is 5.82 Å². The first-order valence-electron chi connectivity index (χ1n) is 10.8. The van der Waals surface area contributed by atoms with Gasteiger partial charge >= 0.3 is 0 Å². The molecule has 9 heteroatoms. The van der Waals surface area contributed by atoms with Crippen LogP contribution in [0.2, 0.25) is 0 Å². The first kappa shape index (κ1) is 20.7. The molecule has 33 heavy (non-hydrogen) atoms. The molecule has 2 heterocycles. The summed E-state index contributed by atoms with van der Waals surface area (Å²) in [6, 6.07) is 17.4. The summed E-state index contributed by atoms with van der Waals surface area (Å²) in [5.41, 5.74) is 2.89. The van der Waals surface area contributed by atoms with Gasteiger partial charge in [-0.05, 0) is 54.3 Å². The van der Waals surface area contributed by atoms with Crippen molar-refractivity contribution >= 4 is 11.4 Å². The van der Waals surface area contributed by atoms with Crippen molar-refractivity contribution in [3.05, 3.63) is 76.7 Å². The molecule has 0 radical (unpaired) electrons. The molecule has 0 bridgehead atoms. The predicted molar refractivity (Wildman–Crippen MR) is 124 cm³/mol. The number of para-hydroxylation sites is 1. The smallest absolute Gasteiger partial charge is 0.252 e. The third kappa shape index (κ3) is 4.43. The van der Waals surface area contributed by atoms with Crippen LogP contribution in [0.4, 0.5) is 11.4 Å². The summed E-state index contributed by atoms with van der Waals surface area (Å²) in [5.74, 6) is 2.07. The average molecular weight is 444 g/mol. The fourth-order valence-electron chi connectivity index (χ4n) is 3.72. The molecule has 0 atom stereocenters. The summed E-state index contributed by atoms with van der Waals surface area (Å²) in [7, 11) is 1.60. The van der Waals surface area contributed by atoms with Crippen LogP contribution in [-0.2, 0) is 6.54 Å². The number of nitrogens with zero attached hydrogens (tertiary/aromatic N) is 4. The van der Waals surface area contributed by atoms with E-state index in [-0.39, 0.29) is 5.56 Å². The molecule has 1 aliphatic rings. The number of tetrazole rings is 1. The molecule has 1 aliphatic carbocycles. The van der Waals surface area contributed by atoms with E-state index in [9.17, 15) is 4.79 Å². The predicted octanol–water partition coefficient (Wildman–Crippen LogP) is 3.69. The van der Waals surface area contributed by atoms with Crippen molar-refractivity contribution in [1.82, 2.24) is 25.6 Å². The van der Waals surface area contributed by atoms with Crippen molar-refractivity contribution in [3.8, 4) is 22.9 Å². The maximum Gasteiger partial charge on any atom is 0.252 e. The van der Waals surface area contributed by atoms with E-state index < -0.39 is 0 Å². The number of benzene rings is 2. The first-order valence-corrected chi connectivity index (χ1v) is 10.8. The monoisotopic (exact) mass is 444 g/mol. The van der Waals surface area contributed by atoms with Crippen molar-refractivity contribution in [2.45, 2.75) is 19.4 Å². The van der Waals surface area contributed by atoms with Gasteiger partial charge in [-0.25, -0.2) is 0 Å². The Balaban J connectivity index is 1.65. The van der Waals surface area contributed by atoms with E-state index in [0.717, 1.165) is 24.2 Å². The molecule has 1 saturated carbocycles. The number of methoxy groups -OCH3 is 1. The van der Waals surface area contributed by atoms with Gasteiger partial charge in [-0.15, -0.1) is 10.2 Å². The number of hydrogen-bond acceptors (Lipinski definition) is 7. The minimum atomic E-state index is -0.130. The zero-order chi connectivity index (χ0) is 22.6. The van der Waals surface area contributed by atoms with Crippen LogP contribution >= 0.6 is 0 Å². The van der Waals surface area contributed by atoms with E-state index >= 15 is 0 Å². The van der Waals surface area contributed by atoms with Crippen LogP contribution in [0, 0.1) is 5.92 Å². The van der Waals surface area contributed by atoms with Crippen LogP contribution in [0.3, 0.4) is 0 Å². The van der Waals surface area contributed by atoms with Gasteiger partial charge < -0.3 is 19.4 Å². The van der Waals surface area contributed by atoms with Crippen LogP contribution in [0.1, 0.15) is 18.4 Å². The SMILES string of the molecule is COc1c(-c2nn[nH]n2)ccc(N(Cc2ccc[nH]c2=O)c2ccccc2)c1OCC1CC1. The van der Waals surface area contributed by atoms with Crippen LogP contribution in [-0.4, -0.2) is 39.3 Å². The highest BCUT2D eigenvalue weighted by atomic mass is 16.5. The normalized spacial score (nSPS) is 13.0. The van der Waals surface area contributed by atoms with E-state index in [0.29, 0.717) is 47.5 Å². The molecule has 5 rings (SSSR count). The van der Waals surface area contributed by atoms with Gasteiger partial charge in [-0.1, -0.05) is 24.3 Å². The highest BCUT2D eigenvalue weighted by molar-refractivity contribution is 5.80. The van der Waals surface area contributed by atoms with Gasteiger partial charge in [-0.3, -0.25) is 4.79 Å². The third-order valence-electron chi connectivity index (χ3n) is 5.63. The second kappa shape index (κ2) is 9.15. The number of ether oxygens (including phenoxy) is 2. The van der Waals surface area contributed by atoms with Gasteiger partial charge in [0.1, 0.15) is 0 Å². The van der Waals surface area contributed by atoms with E-state index in [4.69, 9.17) is 9.47 Å². The lowest BCUT2D eigenvalue weighted by atomic mass is 10.1. The van der Waals surface area contributed by atoms with Crippen LogP contribution in [0.25, 0.3) is 11.4 Å². The largest absolute Gasteiger partial charge is 0.492 e. The number of nitrogens with one attached hydrogen (secondary N) is 2. The summed E-state index contributed by atoms with van der Waals surface area (Å²) < 4.78 is 12.2. The van der Waals surface area contributed by atoms with Crippen molar-refractivity contribution < 1.29 is 9.47 Å². The third-order valence-corrected chi connectivity index (χ3v) is 5.63. The second-order valence-corrected chi connectivity index (χ2v) is 7.93. The molecule has 0 spiro atoms. The Morgan fingerprint density at radius 3 is 2.61 bits per heavy atom. The molecule has 0 aliphatic heterocycles. The number of pyridine rings is 1. The van der Waals surface area contributed by atoms with E-state index in [1.807, 2.05) is 54.6 Å². The van der Waals surface area contributed by atoms with E-state index in [1.165, 1.54) is 0 Å². The lowest BCUT2D eigenvalue weighted by Crippen LogP contribution is -2.23. The Labute approximate surface area is 190 Å². The number of rotatable bonds is 9. The average Bonchev–Trinajstić information content (AvgIpc) is 3.53. The highest BCUT2D eigenvalue weighted by Gasteiger charge is 2.27. The van der Waals surface area contributed by atoms with Crippen molar-refractivity contribution in [2.75, 3.05) is 18.6 Å². The minimum absolute atomic E-state index is 0.130. The first-order chi connectivity index (χ1) is 16.2. The fourth-order valence-corrected chi connectivity index (χ4v) is 3.72. The summed E-state index contributed by atoms with van der Waals surface area (Å²) >= 11 is 0. The summed E-state index contributed by atoms with van der Waals surface area (Å²) in [6.07, 6.45) is 3.94. The summed E-state index contributed by atoms with van der Waals surface area (Å²) in [4.78, 5) is 17.3. The molecule has 2 N–H and O–H groups in total. The van der Waals surface area contributed by atoms with E-state index in [1.54, 1.807) is 13.3 Å². The maximum atomic E-state index is 12.5. The highest BCUT2D eigenvalue weighted by Crippen LogP contribution is 2.47. The van der Waals surface area contributed by atoms with Crippen molar-refractivity contribution in [1.29, 1.82) is 0 Å². The number of H-pyrrole nitrogens is 2. The minimum Gasteiger partial charge on any atom is -0.492 e. The second-order valence-electron chi connectivity index (χ2n) is 7.93. The van der Waals surface area contributed by atoms with Crippen LogP contribution in [0.5, 0.6) is 11.5 Å². The van der Waals surface area contributed by atoms with Crippen LogP contribution in [0.15, 0.2) is 65.6 Å². The molecular weight excluding hydrogens is 420 g/mol. The molecule has 9 nitrogen and oxygen atoms in total. The maximum absolute atomic E-state index is 12.5. The number of anilines is 2. The van der Waals surface area contributed by atoms with Crippen LogP contribution < -0.4 is 19.9 Å². The Morgan fingerprint density at radius 2 is 1.91 bits per heavy atom. The molecule has 2 aromatic heterocycles. The Hall–Kier alpha value is -4.14. The van der Waals surface area contributed by atoms with Gasteiger partial charge in [0.05, 0.1) is 31.5 Å². The standard InChI is InChI=1S/C24H24N6O3/c1-32-21-19(23-26-28-29-27-23)11-12-20(22(21)33-15-16-9-10-16)30(18-7-3-2-4-8-18)14-17-6-5-13-25-24(17)31/h2-8,11-13,16H,9-10,14-15H2,1H3,(H,25,31)(H,26,27,28,29). The topological polar surface area (TPSA) is 109 Å². The number of aromatic amines is 2. The fraction of sp³-hybridized carbons (Fsp3) is 0.250. The number of hydrogen-bond donors (Lipinski definition) is 2. The lowest BCUT2D eigenvalue weighted by Gasteiger charge is -2.28. The molecule has 2 aromatic carbocycles.